The molecule has 0 aromatic rings. The summed E-state index contributed by atoms with van der Waals surface area (Å²) in [7, 11) is 0. The fourth-order valence-electron chi connectivity index (χ4n) is 1.01. The van der Waals surface area contributed by atoms with Crippen molar-refractivity contribution in [1.29, 1.82) is 0 Å². The Hall–Kier alpha value is 0.0200. The third-order valence-corrected chi connectivity index (χ3v) is 2.97. The van der Waals surface area contributed by atoms with Crippen LogP contribution in [0.5, 0.6) is 0 Å². The molecular formula is C7H15F3NO2S+2. The largest absolute Gasteiger partial charge is 0.653 e. The maximum atomic E-state index is 12.0. The van der Waals surface area contributed by atoms with Gasteiger partial charge >= 0.3 is 17.0 Å². The van der Waals surface area contributed by atoms with Crippen molar-refractivity contribution in [2.75, 3.05) is 19.6 Å². The predicted molar refractivity (Wildman–Crippen MR) is 47.1 cm³/mol. The minimum Gasteiger partial charge on any atom is -0.127 e. The lowest BCUT2D eigenvalue weighted by molar-refractivity contribution is -1.08. The summed E-state index contributed by atoms with van der Waals surface area (Å²) < 4.78 is 50.9. The lowest BCUT2D eigenvalue weighted by Crippen LogP contribution is -2.50. The van der Waals surface area contributed by atoms with E-state index in [0.29, 0.717) is 19.6 Å². The fourth-order valence-corrected chi connectivity index (χ4v) is 1.70. The van der Waals surface area contributed by atoms with Gasteiger partial charge in [0, 0.05) is 0 Å². The number of hydrogen-bond donors (Lipinski definition) is 0. The Morgan fingerprint density at radius 1 is 1.14 bits per heavy atom. The van der Waals surface area contributed by atoms with Crippen LogP contribution in [-0.4, -0.2) is 29.8 Å². The smallest absolute Gasteiger partial charge is 0.127 e. The summed E-state index contributed by atoms with van der Waals surface area (Å²) in [4.78, 5) is 0. The van der Waals surface area contributed by atoms with Gasteiger partial charge in [-0.05, 0) is 20.8 Å². The van der Waals surface area contributed by atoms with Crippen molar-refractivity contribution >= 4 is 11.5 Å². The maximum Gasteiger partial charge on any atom is 0.653 e. The fraction of sp³-hybridized carbons (Fsp3) is 1.00. The van der Waals surface area contributed by atoms with E-state index in [2.05, 4.69) is 4.28 Å². The number of halogens is 3. The van der Waals surface area contributed by atoms with Crippen LogP contribution >= 0.6 is 0 Å². The minimum absolute atomic E-state index is 0.244. The highest BCUT2D eigenvalue weighted by Crippen LogP contribution is 2.28. The van der Waals surface area contributed by atoms with Gasteiger partial charge in [0.05, 0.1) is 8.84 Å². The van der Waals surface area contributed by atoms with Crippen molar-refractivity contribution in [2.24, 2.45) is 0 Å². The summed E-state index contributed by atoms with van der Waals surface area (Å²) in [6, 6.07) is 0. The summed E-state index contributed by atoms with van der Waals surface area (Å²) in [6.45, 7) is 6.15. The van der Waals surface area contributed by atoms with Crippen LogP contribution in [0.4, 0.5) is 13.2 Å². The van der Waals surface area contributed by atoms with Crippen LogP contribution in [0.15, 0.2) is 0 Å². The molecule has 14 heavy (non-hydrogen) atoms. The second-order valence-electron chi connectivity index (χ2n) is 2.76. The highest BCUT2D eigenvalue weighted by Gasteiger charge is 2.63. The van der Waals surface area contributed by atoms with Crippen LogP contribution in [0.1, 0.15) is 20.8 Å². The summed E-state index contributed by atoms with van der Waals surface area (Å²) >= 11 is -3.23. The number of alkyl halides is 3. The highest BCUT2D eigenvalue weighted by atomic mass is 32.2. The molecule has 0 bridgehead atoms. The summed E-state index contributed by atoms with van der Waals surface area (Å²) in [6.07, 6.45) is 0. The van der Waals surface area contributed by atoms with Crippen LogP contribution in [0, 0.1) is 0 Å². The number of nitrogens with zero attached hydrogens (tertiary/aromatic N) is 1. The van der Waals surface area contributed by atoms with E-state index in [-0.39, 0.29) is 4.65 Å². The summed E-state index contributed by atoms with van der Waals surface area (Å²) in [5.41, 5.74) is -4.80. The van der Waals surface area contributed by atoms with Gasteiger partial charge in [0.1, 0.15) is 19.6 Å². The van der Waals surface area contributed by atoms with Gasteiger partial charge in [-0.3, -0.25) is 0 Å². The average Bonchev–Trinajstić information content (AvgIpc) is 2.12. The molecule has 0 saturated carbocycles. The molecule has 0 N–H and O–H groups in total. The predicted octanol–water partition coefficient (Wildman–Crippen LogP) is 2.19. The quantitative estimate of drug-likeness (QED) is 0.407. The van der Waals surface area contributed by atoms with Crippen molar-refractivity contribution in [3.63, 3.8) is 0 Å². The Labute approximate surface area is 84.8 Å². The van der Waals surface area contributed by atoms with E-state index in [1.165, 1.54) is 0 Å². The first-order valence-corrected chi connectivity index (χ1v) is 5.43. The number of hydroxylamine groups is 3. The Kier molecular flexibility index (Phi) is 5.21. The lowest BCUT2D eigenvalue weighted by Gasteiger charge is -2.26. The van der Waals surface area contributed by atoms with Gasteiger partial charge in [-0.1, -0.05) is 0 Å². The highest BCUT2D eigenvalue weighted by molar-refractivity contribution is 7.87. The molecule has 1 unspecified atom stereocenters. The van der Waals surface area contributed by atoms with Crippen LogP contribution in [-0.2, 0) is 20.3 Å². The zero-order valence-electron chi connectivity index (χ0n) is 8.43. The lowest BCUT2D eigenvalue weighted by atomic mass is 10.5. The molecule has 85 valence electrons. The van der Waals surface area contributed by atoms with E-state index in [1.807, 2.05) is 0 Å². The van der Waals surface area contributed by atoms with Gasteiger partial charge in [-0.15, -0.1) is 17.8 Å². The van der Waals surface area contributed by atoms with E-state index < -0.39 is 17.0 Å². The molecule has 0 spiro atoms. The topological polar surface area (TPSA) is 29.1 Å². The Morgan fingerprint density at radius 2 is 1.50 bits per heavy atom. The first kappa shape index (κ1) is 14.0. The van der Waals surface area contributed by atoms with Crippen LogP contribution in [0.2, 0.25) is 0 Å². The molecule has 0 saturated heterocycles. The van der Waals surface area contributed by atoms with Crippen molar-refractivity contribution < 1.29 is 26.7 Å². The normalized spacial score (nSPS) is 15.6. The zero-order valence-corrected chi connectivity index (χ0v) is 9.24. The SMILES string of the molecule is CC[N+](CC)(CC)O[S+]([O])C(F)(F)F. The molecule has 0 heterocycles. The molecule has 0 aromatic carbocycles. The molecule has 1 atom stereocenters. The van der Waals surface area contributed by atoms with Crippen molar-refractivity contribution in [1.82, 2.24) is 0 Å². The Morgan fingerprint density at radius 3 is 1.71 bits per heavy atom. The van der Waals surface area contributed by atoms with E-state index >= 15 is 0 Å². The Balaban J connectivity index is 4.45. The van der Waals surface area contributed by atoms with E-state index in [1.54, 1.807) is 20.8 Å². The second-order valence-corrected chi connectivity index (χ2v) is 3.84. The molecule has 7 heteroatoms. The molecule has 3 nitrogen and oxygen atoms in total. The van der Waals surface area contributed by atoms with Crippen molar-refractivity contribution in [3.05, 3.63) is 0 Å². The molecule has 0 rings (SSSR count). The van der Waals surface area contributed by atoms with Gasteiger partial charge in [0.2, 0.25) is 0 Å². The van der Waals surface area contributed by atoms with Gasteiger partial charge in [-0.25, -0.2) is 0 Å². The molecular weight excluding hydrogens is 219 g/mol. The summed E-state index contributed by atoms with van der Waals surface area (Å²) in [5, 5.41) is 0. The standard InChI is InChI=1S/C7H15F3NO2S/c1-4-11(5-2,6-3)13-14(12)7(8,9)10/h4-6H2,1-3H3/q+2. The third kappa shape index (κ3) is 3.64. The molecule has 0 fully saturated rings. The molecule has 0 aliphatic carbocycles. The van der Waals surface area contributed by atoms with Gasteiger partial charge in [0.15, 0.2) is 0 Å². The monoisotopic (exact) mass is 234 g/mol. The molecule has 0 aromatic heterocycles. The van der Waals surface area contributed by atoms with E-state index in [9.17, 15) is 17.7 Å². The van der Waals surface area contributed by atoms with E-state index in [4.69, 9.17) is 0 Å². The molecule has 0 aliphatic heterocycles. The van der Waals surface area contributed by atoms with Gasteiger partial charge < -0.3 is 0 Å². The molecule has 1 radical (unpaired) electrons. The van der Waals surface area contributed by atoms with Crippen molar-refractivity contribution in [3.8, 4) is 0 Å². The van der Waals surface area contributed by atoms with Crippen LogP contribution < -0.4 is 0 Å². The average molecular weight is 234 g/mol. The third-order valence-electron chi connectivity index (χ3n) is 2.14. The number of quaternary nitrogens is 1. The minimum atomic E-state index is -4.80. The van der Waals surface area contributed by atoms with Crippen LogP contribution in [0.25, 0.3) is 0 Å². The molecule has 0 aliphatic rings. The second kappa shape index (κ2) is 5.20. The van der Waals surface area contributed by atoms with Crippen LogP contribution in [0.3, 0.4) is 0 Å². The zero-order chi connectivity index (χ0) is 11.4. The molecule has 0 amide bonds. The number of hydrogen-bond acceptors (Lipinski definition) is 1. The van der Waals surface area contributed by atoms with E-state index in [0.717, 1.165) is 0 Å². The first-order valence-electron chi connectivity index (χ1n) is 4.36. The van der Waals surface area contributed by atoms with Crippen molar-refractivity contribution in [2.45, 2.75) is 26.3 Å². The maximum absolute atomic E-state index is 12.0. The van der Waals surface area contributed by atoms with Gasteiger partial charge in [0.25, 0.3) is 0 Å². The Bertz CT molecular complexity index is 165. The van der Waals surface area contributed by atoms with Gasteiger partial charge in [-0.2, -0.15) is 0 Å². The summed E-state index contributed by atoms with van der Waals surface area (Å²) in [5.74, 6) is 0. The number of rotatable bonds is 5. The first-order chi connectivity index (χ1) is 6.31.